The molecule has 1 heterocycles. The molecule has 2 atom stereocenters. The molecule has 0 saturated carbocycles. The van der Waals surface area contributed by atoms with Crippen molar-refractivity contribution in [1.29, 1.82) is 0 Å². The molecular formula is C13H27N3O2. The van der Waals surface area contributed by atoms with E-state index in [1.807, 2.05) is 19.0 Å². The van der Waals surface area contributed by atoms with Crippen molar-refractivity contribution in [2.45, 2.75) is 44.2 Å². The maximum Gasteiger partial charge on any atom is 0.222 e. The molecule has 0 bridgehead atoms. The smallest absolute Gasteiger partial charge is 0.222 e. The van der Waals surface area contributed by atoms with Gasteiger partial charge in [0.15, 0.2) is 0 Å². The van der Waals surface area contributed by atoms with Crippen LogP contribution in [-0.2, 0) is 4.79 Å². The quantitative estimate of drug-likeness (QED) is 0.631. The summed E-state index contributed by atoms with van der Waals surface area (Å²) in [5.41, 5.74) is 5.43. The van der Waals surface area contributed by atoms with Gasteiger partial charge in [-0.3, -0.25) is 4.79 Å². The van der Waals surface area contributed by atoms with Crippen LogP contribution in [0.4, 0.5) is 0 Å². The highest BCUT2D eigenvalue weighted by molar-refractivity contribution is 5.76. The molecule has 5 nitrogen and oxygen atoms in total. The summed E-state index contributed by atoms with van der Waals surface area (Å²) in [6, 6.07) is 0.164. The average molecular weight is 257 g/mol. The normalized spacial score (nSPS) is 23.9. The number of hydrogen-bond acceptors (Lipinski definition) is 4. The Morgan fingerprint density at radius 1 is 1.39 bits per heavy atom. The monoisotopic (exact) mass is 257 g/mol. The maximum absolute atomic E-state index is 12.1. The largest absolute Gasteiger partial charge is 0.391 e. The van der Waals surface area contributed by atoms with Crippen molar-refractivity contribution < 1.29 is 9.90 Å². The predicted molar refractivity (Wildman–Crippen MR) is 72.2 cm³/mol. The summed E-state index contributed by atoms with van der Waals surface area (Å²) in [7, 11) is 3.99. The van der Waals surface area contributed by atoms with Gasteiger partial charge in [-0.05, 0) is 39.9 Å². The first-order valence-corrected chi connectivity index (χ1v) is 6.87. The summed E-state index contributed by atoms with van der Waals surface area (Å²) >= 11 is 0. The van der Waals surface area contributed by atoms with Crippen LogP contribution in [0.25, 0.3) is 0 Å². The highest BCUT2D eigenvalue weighted by Gasteiger charge is 2.33. The molecule has 0 aromatic heterocycles. The average Bonchev–Trinajstić information content (AvgIpc) is 2.64. The van der Waals surface area contributed by atoms with E-state index in [0.29, 0.717) is 25.9 Å². The second-order valence-electron chi connectivity index (χ2n) is 5.45. The summed E-state index contributed by atoms with van der Waals surface area (Å²) in [5.74, 6) is 0.176. The number of unbranched alkanes of at least 4 members (excludes halogenated alkanes) is 2. The van der Waals surface area contributed by atoms with Gasteiger partial charge < -0.3 is 20.6 Å². The molecular weight excluding hydrogens is 230 g/mol. The van der Waals surface area contributed by atoms with Gasteiger partial charge in [-0.25, -0.2) is 0 Å². The second-order valence-corrected chi connectivity index (χ2v) is 5.45. The minimum Gasteiger partial charge on any atom is -0.391 e. The highest BCUT2D eigenvalue weighted by atomic mass is 16.3. The number of nitrogens with zero attached hydrogens (tertiary/aromatic N) is 2. The van der Waals surface area contributed by atoms with Crippen molar-refractivity contribution in [1.82, 2.24) is 9.80 Å². The van der Waals surface area contributed by atoms with Gasteiger partial charge in [0, 0.05) is 25.6 Å². The number of β-amino-alcohol motifs (C(OH)–C–C–N with tert-alkyl or cyclic N) is 1. The fourth-order valence-corrected chi connectivity index (χ4v) is 2.53. The molecule has 18 heavy (non-hydrogen) atoms. The van der Waals surface area contributed by atoms with Gasteiger partial charge in [-0.1, -0.05) is 6.42 Å². The van der Waals surface area contributed by atoms with Crippen LogP contribution in [0, 0.1) is 0 Å². The molecule has 0 aromatic rings. The van der Waals surface area contributed by atoms with Crippen molar-refractivity contribution >= 4 is 5.91 Å². The molecule has 3 N–H and O–H groups in total. The first-order chi connectivity index (χ1) is 8.54. The van der Waals surface area contributed by atoms with Crippen LogP contribution in [-0.4, -0.2) is 66.7 Å². The summed E-state index contributed by atoms with van der Waals surface area (Å²) in [4.78, 5) is 16.0. The first kappa shape index (κ1) is 15.4. The fraction of sp³-hybridized carbons (Fsp3) is 0.923. The first-order valence-electron chi connectivity index (χ1n) is 6.87. The van der Waals surface area contributed by atoms with Crippen molar-refractivity contribution in [3.63, 3.8) is 0 Å². The van der Waals surface area contributed by atoms with E-state index >= 15 is 0 Å². The van der Waals surface area contributed by atoms with Crippen molar-refractivity contribution in [3.8, 4) is 0 Å². The number of carbonyl (C=O) groups excluding carboxylic acids is 1. The van der Waals surface area contributed by atoms with Crippen LogP contribution in [0.1, 0.15) is 32.1 Å². The van der Waals surface area contributed by atoms with Crippen molar-refractivity contribution in [3.05, 3.63) is 0 Å². The van der Waals surface area contributed by atoms with Crippen molar-refractivity contribution in [2.24, 2.45) is 5.73 Å². The molecule has 1 saturated heterocycles. The molecule has 106 valence electrons. The van der Waals surface area contributed by atoms with Gasteiger partial charge in [0.05, 0.1) is 6.10 Å². The van der Waals surface area contributed by atoms with E-state index in [4.69, 9.17) is 5.73 Å². The third kappa shape index (κ3) is 4.92. The SMILES string of the molecule is CN(C)CC1CC(O)CN1C(=O)CCCCCN. The number of likely N-dealkylation sites (N-methyl/N-ethyl adjacent to an activating group) is 1. The van der Waals surface area contributed by atoms with Crippen LogP contribution in [0.5, 0.6) is 0 Å². The lowest BCUT2D eigenvalue weighted by atomic mass is 10.1. The molecule has 0 spiro atoms. The lowest BCUT2D eigenvalue weighted by Gasteiger charge is -2.26. The van der Waals surface area contributed by atoms with Crippen LogP contribution in [0.3, 0.4) is 0 Å². The molecule has 1 aliphatic heterocycles. The van der Waals surface area contributed by atoms with Gasteiger partial charge in [0.25, 0.3) is 0 Å². The molecule has 1 aliphatic rings. The number of rotatable bonds is 7. The molecule has 2 unspecified atom stereocenters. The minimum atomic E-state index is -0.358. The maximum atomic E-state index is 12.1. The molecule has 1 fully saturated rings. The van der Waals surface area contributed by atoms with E-state index in [9.17, 15) is 9.90 Å². The Hall–Kier alpha value is -0.650. The third-order valence-corrected chi connectivity index (χ3v) is 3.38. The Labute approximate surface area is 110 Å². The van der Waals surface area contributed by atoms with Crippen molar-refractivity contribution in [2.75, 3.05) is 33.7 Å². The zero-order chi connectivity index (χ0) is 13.5. The van der Waals surface area contributed by atoms with E-state index in [0.717, 1.165) is 25.8 Å². The zero-order valence-electron chi connectivity index (χ0n) is 11.6. The van der Waals surface area contributed by atoms with Crippen LogP contribution in [0.2, 0.25) is 0 Å². The van der Waals surface area contributed by atoms with E-state index in [1.54, 1.807) is 0 Å². The lowest BCUT2D eigenvalue weighted by Crippen LogP contribution is -2.41. The van der Waals surface area contributed by atoms with Gasteiger partial charge in [0.1, 0.15) is 0 Å². The van der Waals surface area contributed by atoms with Crippen LogP contribution < -0.4 is 5.73 Å². The van der Waals surface area contributed by atoms with Gasteiger partial charge in [-0.15, -0.1) is 0 Å². The number of amides is 1. The summed E-state index contributed by atoms with van der Waals surface area (Å²) in [5, 5.41) is 9.71. The number of hydrogen-bond donors (Lipinski definition) is 2. The Balaban J connectivity index is 2.38. The Kier molecular flexibility index (Phi) is 6.60. The topological polar surface area (TPSA) is 69.8 Å². The standard InChI is InChI=1S/C13H27N3O2/c1-15(2)9-11-8-12(17)10-16(11)13(18)6-4-3-5-7-14/h11-12,17H,3-10,14H2,1-2H3. The van der Waals surface area contributed by atoms with Crippen LogP contribution >= 0.6 is 0 Å². The number of likely N-dealkylation sites (tertiary alicyclic amines) is 1. The fourth-order valence-electron chi connectivity index (χ4n) is 2.53. The van der Waals surface area contributed by atoms with Gasteiger partial charge >= 0.3 is 0 Å². The highest BCUT2D eigenvalue weighted by Crippen LogP contribution is 2.20. The molecule has 1 amide bonds. The Bertz CT molecular complexity index is 259. The van der Waals surface area contributed by atoms with E-state index in [2.05, 4.69) is 4.90 Å². The number of nitrogens with two attached hydrogens (primary N) is 1. The van der Waals surface area contributed by atoms with E-state index in [-0.39, 0.29) is 18.1 Å². The minimum absolute atomic E-state index is 0.164. The Morgan fingerprint density at radius 2 is 2.11 bits per heavy atom. The zero-order valence-corrected chi connectivity index (χ0v) is 11.6. The van der Waals surface area contributed by atoms with E-state index < -0.39 is 0 Å². The second kappa shape index (κ2) is 7.71. The summed E-state index contributed by atoms with van der Waals surface area (Å²) in [6.07, 6.45) is 3.82. The summed E-state index contributed by atoms with van der Waals surface area (Å²) in [6.45, 7) is 2.01. The van der Waals surface area contributed by atoms with Gasteiger partial charge in [-0.2, -0.15) is 0 Å². The lowest BCUT2D eigenvalue weighted by molar-refractivity contribution is -0.132. The molecule has 1 rings (SSSR count). The van der Waals surface area contributed by atoms with E-state index in [1.165, 1.54) is 0 Å². The number of aliphatic hydroxyl groups excluding tert-OH is 1. The third-order valence-electron chi connectivity index (χ3n) is 3.38. The predicted octanol–water partition coefficient (Wildman–Crippen LogP) is 0.0289. The molecule has 5 heteroatoms. The summed E-state index contributed by atoms with van der Waals surface area (Å²) < 4.78 is 0. The number of carbonyl (C=O) groups is 1. The van der Waals surface area contributed by atoms with Crippen LogP contribution in [0.15, 0.2) is 0 Å². The molecule has 0 aliphatic carbocycles. The Morgan fingerprint density at radius 3 is 2.72 bits per heavy atom. The van der Waals surface area contributed by atoms with Gasteiger partial charge in [0.2, 0.25) is 5.91 Å². The molecule has 0 radical (unpaired) electrons. The number of aliphatic hydroxyl groups is 1. The molecule has 0 aromatic carbocycles.